The van der Waals surface area contributed by atoms with Crippen molar-refractivity contribution in [3.05, 3.63) is 0 Å². The molecule has 0 aromatic rings. The van der Waals surface area contributed by atoms with Gasteiger partial charge in [0.2, 0.25) is 0 Å². The standard InChI is InChI=1S/C12H20N2O6/c1-4-20-11(17)7(2)13-12(18)14(3)9-6-19-5-8(9)10(15)16/h7-9H,4-6H2,1-3H3,(H,13,18)(H,15,16). The van der Waals surface area contributed by atoms with E-state index < -0.39 is 36.0 Å². The smallest absolute Gasteiger partial charge is 0.328 e. The van der Waals surface area contributed by atoms with Crippen LogP contribution in [-0.2, 0) is 19.1 Å². The monoisotopic (exact) mass is 288 g/mol. The minimum Gasteiger partial charge on any atom is -0.481 e. The summed E-state index contributed by atoms with van der Waals surface area (Å²) in [6, 6.07) is -1.88. The van der Waals surface area contributed by atoms with Crippen LogP contribution in [0, 0.1) is 5.92 Å². The number of amides is 2. The summed E-state index contributed by atoms with van der Waals surface area (Å²) in [6.07, 6.45) is 0. The predicted octanol–water partition coefficient (Wildman–Crippen LogP) is -0.321. The normalized spacial score (nSPS) is 22.9. The number of aliphatic carboxylic acids is 1. The van der Waals surface area contributed by atoms with Crippen LogP contribution in [0.5, 0.6) is 0 Å². The summed E-state index contributed by atoms with van der Waals surface area (Å²) in [4.78, 5) is 35.7. The molecule has 1 fully saturated rings. The van der Waals surface area contributed by atoms with Crippen molar-refractivity contribution in [1.29, 1.82) is 0 Å². The number of hydrogen-bond acceptors (Lipinski definition) is 5. The van der Waals surface area contributed by atoms with E-state index in [2.05, 4.69) is 5.32 Å². The van der Waals surface area contributed by atoms with Gasteiger partial charge in [-0.3, -0.25) is 4.79 Å². The lowest BCUT2D eigenvalue weighted by atomic mass is 10.0. The number of nitrogens with one attached hydrogen (secondary N) is 1. The van der Waals surface area contributed by atoms with Crippen molar-refractivity contribution < 1.29 is 29.0 Å². The molecule has 0 saturated carbocycles. The molecule has 0 aromatic carbocycles. The van der Waals surface area contributed by atoms with Crippen LogP contribution in [0.3, 0.4) is 0 Å². The van der Waals surface area contributed by atoms with Crippen molar-refractivity contribution in [1.82, 2.24) is 10.2 Å². The van der Waals surface area contributed by atoms with E-state index in [-0.39, 0.29) is 19.8 Å². The van der Waals surface area contributed by atoms with Crippen molar-refractivity contribution in [3.63, 3.8) is 0 Å². The van der Waals surface area contributed by atoms with Gasteiger partial charge in [0.1, 0.15) is 12.0 Å². The van der Waals surface area contributed by atoms with E-state index >= 15 is 0 Å². The Balaban J connectivity index is 2.58. The van der Waals surface area contributed by atoms with Crippen molar-refractivity contribution in [3.8, 4) is 0 Å². The van der Waals surface area contributed by atoms with E-state index in [4.69, 9.17) is 14.6 Å². The summed E-state index contributed by atoms with van der Waals surface area (Å²) in [5, 5.41) is 11.5. The summed E-state index contributed by atoms with van der Waals surface area (Å²) in [6.45, 7) is 3.64. The van der Waals surface area contributed by atoms with Gasteiger partial charge in [0, 0.05) is 7.05 Å². The molecule has 0 aromatic heterocycles. The molecule has 0 aliphatic carbocycles. The van der Waals surface area contributed by atoms with Crippen molar-refractivity contribution in [2.75, 3.05) is 26.9 Å². The first-order valence-electron chi connectivity index (χ1n) is 6.39. The van der Waals surface area contributed by atoms with Crippen LogP contribution < -0.4 is 5.32 Å². The minimum atomic E-state index is -1.01. The largest absolute Gasteiger partial charge is 0.481 e. The third-order valence-electron chi connectivity index (χ3n) is 3.17. The molecule has 8 nitrogen and oxygen atoms in total. The quantitative estimate of drug-likeness (QED) is 0.672. The van der Waals surface area contributed by atoms with Crippen LogP contribution >= 0.6 is 0 Å². The molecular weight excluding hydrogens is 268 g/mol. The summed E-state index contributed by atoms with van der Waals surface area (Å²) in [5.41, 5.74) is 0. The average Bonchev–Trinajstić information content (AvgIpc) is 2.87. The third-order valence-corrected chi connectivity index (χ3v) is 3.17. The Bertz CT molecular complexity index is 386. The predicted molar refractivity (Wildman–Crippen MR) is 68.1 cm³/mol. The van der Waals surface area contributed by atoms with Crippen molar-refractivity contribution >= 4 is 18.0 Å². The van der Waals surface area contributed by atoms with Gasteiger partial charge in [0.05, 0.1) is 25.9 Å². The zero-order chi connectivity index (χ0) is 15.3. The number of hydrogen-bond donors (Lipinski definition) is 2. The molecule has 8 heteroatoms. The Labute approximate surface area is 117 Å². The lowest BCUT2D eigenvalue weighted by Crippen LogP contribution is -2.52. The number of carboxylic acids is 1. The highest BCUT2D eigenvalue weighted by molar-refractivity contribution is 5.83. The molecule has 20 heavy (non-hydrogen) atoms. The number of carbonyl (C=O) groups is 3. The molecule has 0 bridgehead atoms. The van der Waals surface area contributed by atoms with Gasteiger partial charge in [-0.2, -0.15) is 0 Å². The Hall–Kier alpha value is -1.83. The topological polar surface area (TPSA) is 105 Å². The molecule has 0 spiro atoms. The summed E-state index contributed by atoms with van der Waals surface area (Å²) in [7, 11) is 1.47. The van der Waals surface area contributed by atoms with Crippen LogP contribution in [-0.4, -0.2) is 66.9 Å². The van der Waals surface area contributed by atoms with Crippen LogP contribution in [0.2, 0.25) is 0 Å². The second-order valence-electron chi connectivity index (χ2n) is 4.58. The molecule has 1 heterocycles. The van der Waals surface area contributed by atoms with Gasteiger partial charge in [0.25, 0.3) is 0 Å². The number of likely N-dealkylation sites (N-methyl/N-ethyl adjacent to an activating group) is 1. The molecule has 114 valence electrons. The van der Waals surface area contributed by atoms with Crippen LogP contribution in [0.25, 0.3) is 0 Å². The number of carbonyl (C=O) groups excluding carboxylic acids is 2. The van der Waals surface area contributed by atoms with Gasteiger partial charge in [-0.25, -0.2) is 9.59 Å². The fourth-order valence-electron chi connectivity index (χ4n) is 1.92. The maximum Gasteiger partial charge on any atom is 0.328 e. The fraction of sp³-hybridized carbons (Fsp3) is 0.750. The van der Waals surface area contributed by atoms with E-state index in [1.54, 1.807) is 6.92 Å². The van der Waals surface area contributed by atoms with E-state index in [1.807, 2.05) is 0 Å². The van der Waals surface area contributed by atoms with E-state index in [0.717, 1.165) is 0 Å². The Morgan fingerprint density at radius 2 is 2.10 bits per heavy atom. The summed E-state index contributed by atoms with van der Waals surface area (Å²) >= 11 is 0. The van der Waals surface area contributed by atoms with Gasteiger partial charge < -0.3 is 24.8 Å². The molecule has 2 amide bonds. The summed E-state index contributed by atoms with van der Waals surface area (Å²) in [5.74, 6) is -2.30. The van der Waals surface area contributed by atoms with Crippen LogP contribution in [0.4, 0.5) is 4.79 Å². The minimum absolute atomic E-state index is 0.0745. The molecule has 0 radical (unpaired) electrons. The zero-order valence-corrected chi connectivity index (χ0v) is 11.8. The number of ether oxygens (including phenoxy) is 2. The van der Waals surface area contributed by atoms with Gasteiger partial charge in [-0.1, -0.05) is 0 Å². The second-order valence-corrected chi connectivity index (χ2v) is 4.58. The Kier molecular flexibility index (Phi) is 5.75. The molecular formula is C12H20N2O6. The first-order chi connectivity index (χ1) is 9.38. The lowest BCUT2D eigenvalue weighted by molar-refractivity contribution is -0.145. The first-order valence-corrected chi connectivity index (χ1v) is 6.39. The molecule has 1 saturated heterocycles. The lowest BCUT2D eigenvalue weighted by Gasteiger charge is -2.27. The number of carboxylic acid groups (broad SMARTS) is 1. The van der Waals surface area contributed by atoms with Crippen molar-refractivity contribution in [2.45, 2.75) is 25.9 Å². The second kappa shape index (κ2) is 7.09. The van der Waals surface area contributed by atoms with E-state index in [1.165, 1.54) is 18.9 Å². The van der Waals surface area contributed by atoms with Gasteiger partial charge >= 0.3 is 18.0 Å². The molecule has 2 N–H and O–H groups in total. The third kappa shape index (κ3) is 3.83. The van der Waals surface area contributed by atoms with E-state index in [0.29, 0.717) is 0 Å². The van der Waals surface area contributed by atoms with Gasteiger partial charge in [0.15, 0.2) is 0 Å². The molecule has 3 atom stereocenters. The molecule has 1 rings (SSSR count). The highest BCUT2D eigenvalue weighted by atomic mass is 16.5. The fourth-order valence-corrected chi connectivity index (χ4v) is 1.92. The van der Waals surface area contributed by atoms with Gasteiger partial charge in [-0.15, -0.1) is 0 Å². The maximum absolute atomic E-state index is 12.0. The molecule has 1 aliphatic heterocycles. The number of rotatable bonds is 5. The van der Waals surface area contributed by atoms with Crippen LogP contribution in [0.1, 0.15) is 13.8 Å². The zero-order valence-electron chi connectivity index (χ0n) is 11.8. The number of esters is 1. The molecule has 1 aliphatic rings. The Morgan fingerprint density at radius 1 is 1.45 bits per heavy atom. The SMILES string of the molecule is CCOC(=O)C(C)NC(=O)N(C)C1COCC1C(=O)O. The van der Waals surface area contributed by atoms with Gasteiger partial charge in [-0.05, 0) is 13.8 Å². The number of nitrogens with zero attached hydrogens (tertiary/aromatic N) is 1. The highest BCUT2D eigenvalue weighted by Crippen LogP contribution is 2.19. The average molecular weight is 288 g/mol. The Morgan fingerprint density at radius 3 is 2.65 bits per heavy atom. The van der Waals surface area contributed by atoms with Crippen molar-refractivity contribution in [2.24, 2.45) is 5.92 Å². The highest BCUT2D eigenvalue weighted by Gasteiger charge is 2.38. The molecule has 3 unspecified atom stereocenters. The maximum atomic E-state index is 12.0. The van der Waals surface area contributed by atoms with E-state index in [9.17, 15) is 14.4 Å². The van der Waals surface area contributed by atoms with Crippen LogP contribution in [0.15, 0.2) is 0 Å². The number of urea groups is 1. The summed E-state index contributed by atoms with van der Waals surface area (Å²) < 4.78 is 9.88. The first kappa shape index (κ1) is 16.2.